The Labute approximate surface area is 179 Å². The molecule has 1 aliphatic carbocycles. The van der Waals surface area contributed by atoms with E-state index in [0.717, 1.165) is 66.4 Å². The standard InChI is InChI=1S/C22H25N7O2/c1-14-24-18-4-3-17(26-20(18)28(14)7-8-30-2)16-5-6-29-19(16)11-23-21(27-29)25-15-9-22(10-15)12-31-13-22/h3-6,11,15H,7-10,12-13H2,1-2H3,(H,25,27). The fraction of sp³-hybridized carbons (Fsp3) is 0.455. The number of aryl methyl sites for hydroxylation is 1. The summed E-state index contributed by atoms with van der Waals surface area (Å²) < 4.78 is 14.6. The third-order valence-corrected chi connectivity index (χ3v) is 6.50. The Bertz CT molecular complexity index is 1270. The van der Waals surface area contributed by atoms with Crippen LogP contribution >= 0.6 is 0 Å². The quantitative estimate of drug-likeness (QED) is 0.514. The van der Waals surface area contributed by atoms with Gasteiger partial charge in [0.15, 0.2) is 5.65 Å². The minimum Gasteiger partial charge on any atom is -0.383 e. The van der Waals surface area contributed by atoms with E-state index in [1.165, 1.54) is 0 Å². The molecule has 31 heavy (non-hydrogen) atoms. The third-order valence-electron chi connectivity index (χ3n) is 6.50. The minimum absolute atomic E-state index is 0.417. The van der Waals surface area contributed by atoms with Crippen molar-refractivity contribution < 1.29 is 9.47 Å². The van der Waals surface area contributed by atoms with Crippen molar-refractivity contribution >= 4 is 22.6 Å². The van der Waals surface area contributed by atoms with Crippen LogP contribution in [0.2, 0.25) is 0 Å². The van der Waals surface area contributed by atoms with Crippen molar-refractivity contribution in [1.29, 1.82) is 0 Å². The number of pyridine rings is 1. The molecule has 0 amide bonds. The molecule has 1 saturated carbocycles. The van der Waals surface area contributed by atoms with Crippen molar-refractivity contribution in [2.75, 3.05) is 32.2 Å². The number of nitrogens with one attached hydrogen (secondary N) is 1. The number of nitrogens with zero attached hydrogens (tertiary/aromatic N) is 6. The first kappa shape index (κ1) is 18.7. The van der Waals surface area contributed by atoms with Crippen molar-refractivity contribution in [1.82, 2.24) is 29.1 Å². The smallest absolute Gasteiger partial charge is 0.241 e. The van der Waals surface area contributed by atoms with Crippen LogP contribution in [-0.4, -0.2) is 62.1 Å². The Morgan fingerprint density at radius 3 is 2.87 bits per heavy atom. The number of hydrogen-bond donors (Lipinski definition) is 1. The molecule has 1 saturated heterocycles. The summed E-state index contributed by atoms with van der Waals surface area (Å²) in [6.45, 7) is 5.13. The van der Waals surface area contributed by atoms with E-state index in [2.05, 4.69) is 25.0 Å². The van der Waals surface area contributed by atoms with Crippen LogP contribution in [0.3, 0.4) is 0 Å². The van der Waals surface area contributed by atoms with E-state index in [-0.39, 0.29) is 0 Å². The number of anilines is 1. The summed E-state index contributed by atoms with van der Waals surface area (Å²) in [6, 6.07) is 6.49. The van der Waals surface area contributed by atoms with Crippen LogP contribution in [0.4, 0.5) is 5.95 Å². The summed E-state index contributed by atoms with van der Waals surface area (Å²) in [7, 11) is 1.70. The Balaban J connectivity index is 1.28. The first-order chi connectivity index (χ1) is 15.1. The fourth-order valence-corrected chi connectivity index (χ4v) is 4.79. The minimum atomic E-state index is 0.417. The molecule has 0 bridgehead atoms. The van der Waals surface area contributed by atoms with Gasteiger partial charge in [0, 0.05) is 36.9 Å². The normalized spacial score (nSPS) is 17.9. The average Bonchev–Trinajstić information content (AvgIpc) is 3.26. The highest BCUT2D eigenvalue weighted by Crippen LogP contribution is 2.47. The van der Waals surface area contributed by atoms with Crippen molar-refractivity contribution in [2.24, 2.45) is 5.41 Å². The average molecular weight is 419 g/mol. The highest BCUT2D eigenvalue weighted by molar-refractivity contribution is 5.82. The molecule has 1 N–H and O–H groups in total. The second-order valence-corrected chi connectivity index (χ2v) is 8.73. The van der Waals surface area contributed by atoms with E-state index in [4.69, 9.17) is 14.5 Å². The molecule has 5 heterocycles. The third kappa shape index (κ3) is 3.07. The van der Waals surface area contributed by atoms with E-state index >= 15 is 0 Å². The molecule has 4 aromatic rings. The van der Waals surface area contributed by atoms with Crippen molar-refractivity contribution in [3.8, 4) is 11.3 Å². The van der Waals surface area contributed by atoms with Gasteiger partial charge in [0.05, 0.1) is 37.2 Å². The zero-order chi connectivity index (χ0) is 21.0. The first-order valence-corrected chi connectivity index (χ1v) is 10.7. The molecular formula is C22H25N7O2. The van der Waals surface area contributed by atoms with Crippen molar-refractivity contribution in [3.05, 3.63) is 36.4 Å². The maximum atomic E-state index is 5.35. The molecule has 0 radical (unpaired) electrons. The SMILES string of the molecule is COCCn1c(C)nc2ccc(-c3ccn4nc(NC5CC6(COC6)C5)ncc34)nc21. The van der Waals surface area contributed by atoms with E-state index in [0.29, 0.717) is 24.0 Å². The Morgan fingerprint density at radius 1 is 1.23 bits per heavy atom. The van der Waals surface area contributed by atoms with Crippen LogP contribution in [-0.2, 0) is 16.0 Å². The van der Waals surface area contributed by atoms with E-state index in [9.17, 15) is 0 Å². The van der Waals surface area contributed by atoms with E-state index in [1.807, 2.05) is 42.0 Å². The lowest BCUT2D eigenvalue weighted by Crippen LogP contribution is -2.56. The molecule has 0 atom stereocenters. The highest BCUT2D eigenvalue weighted by atomic mass is 16.5. The number of methoxy groups -OCH3 is 1. The molecule has 9 nitrogen and oxygen atoms in total. The molecule has 2 fully saturated rings. The molecule has 2 aliphatic rings. The number of aromatic nitrogens is 6. The van der Waals surface area contributed by atoms with Crippen LogP contribution in [0, 0.1) is 12.3 Å². The topological polar surface area (TPSA) is 91.4 Å². The lowest BCUT2D eigenvalue weighted by atomic mass is 9.64. The van der Waals surface area contributed by atoms with Crippen LogP contribution in [0.25, 0.3) is 27.9 Å². The van der Waals surface area contributed by atoms with Gasteiger partial charge in [0.2, 0.25) is 5.95 Å². The van der Waals surface area contributed by atoms with E-state index in [1.54, 1.807) is 7.11 Å². The zero-order valence-electron chi connectivity index (χ0n) is 17.7. The lowest BCUT2D eigenvalue weighted by Gasteiger charge is -2.53. The summed E-state index contributed by atoms with van der Waals surface area (Å²) >= 11 is 0. The predicted octanol–water partition coefficient (Wildman–Crippen LogP) is 2.69. The first-order valence-electron chi connectivity index (χ1n) is 10.7. The lowest BCUT2D eigenvalue weighted by molar-refractivity contribution is -0.160. The molecule has 9 heteroatoms. The van der Waals surface area contributed by atoms with Crippen molar-refractivity contribution in [2.45, 2.75) is 32.4 Å². The zero-order valence-corrected chi connectivity index (χ0v) is 17.7. The Hall–Kier alpha value is -3.04. The molecule has 1 aliphatic heterocycles. The van der Waals surface area contributed by atoms with Gasteiger partial charge >= 0.3 is 0 Å². The van der Waals surface area contributed by atoms with Gasteiger partial charge in [-0.2, -0.15) is 0 Å². The van der Waals surface area contributed by atoms with Gasteiger partial charge in [0.25, 0.3) is 0 Å². The summed E-state index contributed by atoms with van der Waals surface area (Å²) in [6.07, 6.45) is 6.08. The van der Waals surface area contributed by atoms with Gasteiger partial charge < -0.3 is 19.4 Å². The summed E-state index contributed by atoms with van der Waals surface area (Å²) in [5.41, 5.74) is 4.97. The molecule has 1 spiro atoms. The van der Waals surface area contributed by atoms with Crippen LogP contribution in [0.1, 0.15) is 18.7 Å². The summed E-state index contributed by atoms with van der Waals surface area (Å²) in [5, 5.41) is 8.12. The Kier molecular flexibility index (Phi) is 4.22. The second kappa shape index (κ2) is 7.00. The largest absolute Gasteiger partial charge is 0.383 e. The molecular weight excluding hydrogens is 394 g/mol. The van der Waals surface area contributed by atoms with Gasteiger partial charge in [-0.1, -0.05) is 0 Å². The number of ether oxygens (including phenoxy) is 2. The van der Waals surface area contributed by atoms with Crippen LogP contribution < -0.4 is 5.32 Å². The molecule has 0 aromatic carbocycles. The number of hydrogen-bond acceptors (Lipinski definition) is 7. The number of fused-ring (bicyclic) bond motifs is 2. The van der Waals surface area contributed by atoms with Gasteiger partial charge in [-0.05, 0) is 38.0 Å². The van der Waals surface area contributed by atoms with E-state index < -0.39 is 0 Å². The predicted molar refractivity (Wildman–Crippen MR) is 116 cm³/mol. The van der Waals surface area contributed by atoms with Gasteiger partial charge in [-0.25, -0.2) is 19.5 Å². The fourth-order valence-electron chi connectivity index (χ4n) is 4.79. The van der Waals surface area contributed by atoms with Gasteiger partial charge in [0.1, 0.15) is 11.3 Å². The Morgan fingerprint density at radius 2 is 2.10 bits per heavy atom. The van der Waals surface area contributed by atoms with Gasteiger partial charge in [-0.15, -0.1) is 5.10 Å². The maximum absolute atomic E-state index is 5.35. The van der Waals surface area contributed by atoms with Crippen molar-refractivity contribution in [3.63, 3.8) is 0 Å². The maximum Gasteiger partial charge on any atom is 0.241 e. The molecule has 6 rings (SSSR count). The number of imidazole rings is 1. The monoisotopic (exact) mass is 419 g/mol. The second-order valence-electron chi connectivity index (χ2n) is 8.73. The molecule has 160 valence electrons. The summed E-state index contributed by atoms with van der Waals surface area (Å²) in [4.78, 5) is 14.1. The highest BCUT2D eigenvalue weighted by Gasteiger charge is 2.49. The summed E-state index contributed by atoms with van der Waals surface area (Å²) in [5.74, 6) is 1.59. The van der Waals surface area contributed by atoms with Gasteiger partial charge in [-0.3, -0.25) is 0 Å². The number of rotatable bonds is 6. The van der Waals surface area contributed by atoms with Crippen LogP contribution in [0.15, 0.2) is 30.6 Å². The van der Waals surface area contributed by atoms with Crippen LogP contribution in [0.5, 0.6) is 0 Å². The molecule has 0 unspecified atom stereocenters. The molecule has 4 aromatic heterocycles.